The quantitative estimate of drug-likeness (QED) is 0.189. The molecule has 43 heavy (non-hydrogen) atoms. The zero-order chi connectivity index (χ0) is 30.8. The van der Waals surface area contributed by atoms with Crippen molar-refractivity contribution >= 4 is 23.9 Å². The fourth-order valence-corrected chi connectivity index (χ4v) is 4.01. The third-order valence-corrected chi connectivity index (χ3v) is 6.30. The molecule has 0 radical (unpaired) electrons. The molecule has 4 rings (SSSR count). The van der Waals surface area contributed by atoms with Gasteiger partial charge in [0.15, 0.2) is 6.04 Å². The summed E-state index contributed by atoms with van der Waals surface area (Å²) in [6, 6.07) is 27.6. The molecule has 0 aliphatic heterocycles. The van der Waals surface area contributed by atoms with Gasteiger partial charge in [-0.25, -0.2) is 4.79 Å². The zero-order valence-electron chi connectivity index (χ0n) is 22.7. The molecule has 220 valence electrons. The minimum Gasteiger partial charge on any atom is -0.480 e. The average Bonchev–Trinajstić information content (AvgIpc) is 3.01. The van der Waals surface area contributed by atoms with Crippen molar-refractivity contribution in [3.8, 4) is 11.1 Å². The number of rotatable bonds is 11. The molecule has 10 heteroatoms. The Morgan fingerprint density at radius 3 is 1.95 bits per heavy atom. The third kappa shape index (κ3) is 8.88. The SMILES string of the molecule is O=C(NC(COCc1ccccc1)C(=O)O)C(=Cc1ccc(-c2ccccc2)cc1)NC(=O)c1ccc(C(F)(F)F)cc1. The highest BCUT2D eigenvalue weighted by Gasteiger charge is 2.30. The van der Waals surface area contributed by atoms with Crippen LogP contribution in [-0.4, -0.2) is 35.5 Å². The maximum absolute atomic E-state index is 13.3. The Morgan fingerprint density at radius 1 is 0.791 bits per heavy atom. The first-order valence-corrected chi connectivity index (χ1v) is 13.1. The molecule has 0 heterocycles. The van der Waals surface area contributed by atoms with Crippen molar-refractivity contribution in [2.45, 2.75) is 18.8 Å². The molecule has 0 aliphatic carbocycles. The first kappa shape index (κ1) is 30.7. The molecule has 4 aromatic carbocycles. The van der Waals surface area contributed by atoms with E-state index >= 15 is 0 Å². The van der Waals surface area contributed by atoms with Gasteiger partial charge in [-0.2, -0.15) is 13.2 Å². The summed E-state index contributed by atoms with van der Waals surface area (Å²) in [6.45, 7) is -0.247. The molecule has 0 saturated heterocycles. The molecule has 0 aromatic heterocycles. The fourth-order valence-electron chi connectivity index (χ4n) is 4.01. The molecular weight excluding hydrogens is 561 g/mol. The van der Waals surface area contributed by atoms with E-state index in [1.165, 1.54) is 6.08 Å². The van der Waals surface area contributed by atoms with Gasteiger partial charge in [0.05, 0.1) is 18.8 Å². The van der Waals surface area contributed by atoms with Gasteiger partial charge in [0.1, 0.15) is 5.70 Å². The Hall–Kier alpha value is -5.22. The summed E-state index contributed by atoms with van der Waals surface area (Å²) >= 11 is 0. The molecule has 0 spiro atoms. The van der Waals surface area contributed by atoms with Crippen LogP contribution in [0.3, 0.4) is 0 Å². The second-order valence-corrected chi connectivity index (χ2v) is 9.44. The number of carbonyl (C=O) groups is 3. The second-order valence-electron chi connectivity index (χ2n) is 9.44. The number of nitrogens with one attached hydrogen (secondary N) is 2. The lowest BCUT2D eigenvalue weighted by atomic mass is 10.0. The number of carboxylic acids is 1. The van der Waals surface area contributed by atoms with Gasteiger partial charge >= 0.3 is 12.1 Å². The molecule has 4 aromatic rings. The minimum atomic E-state index is -4.58. The van der Waals surface area contributed by atoms with Crippen molar-refractivity contribution in [1.82, 2.24) is 10.6 Å². The summed E-state index contributed by atoms with van der Waals surface area (Å²) in [6.07, 6.45) is -3.24. The third-order valence-electron chi connectivity index (χ3n) is 6.30. The van der Waals surface area contributed by atoms with E-state index < -0.39 is 35.6 Å². The van der Waals surface area contributed by atoms with Crippen molar-refractivity contribution in [3.05, 3.63) is 137 Å². The van der Waals surface area contributed by atoms with E-state index in [0.717, 1.165) is 41.0 Å². The predicted molar refractivity (Wildman–Crippen MR) is 154 cm³/mol. The number of amides is 2. The predicted octanol–water partition coefficient (Wildman–Crippen LogP) is 5.93. The van der Waals surface area contributed by atoms with Crippen molar-refractivity contribution in [2.75, 3.05) is 6.61 Å². The van der Waals surface area contributed by atoms with Crippen molar-refractivity contribution in [2.24, 2.45) is 0 Å². The first-order valence-electron chi connectivity index (χ1n) is 13.1. The standard InChI is InChI=1S/C33H27F3N2O5/c34-33(35,36)27-17-15-26(16-18-27)30(39)37-28(19-22-11-13-25(14-12-22)24-9-5-2-6-10-24)31(40)38-29(32(41)42)21-43-20-23-7-3-1-4-8-23/h1-19,29H,20-21H2,(H,37,39)(H,38,40)(H,41,42). The molecule has 1 atom stereocenters. The van der Waals surface area contributed by atoms with Gasteiger partial charge in [-0.05, 0) is 52.6 Å². The number of hydrogen-bond donors (Lipinski definition) is 3. The van der Waals surface area contributed by atoms with Crippen LogP contribution in [0.5, 0.6) is 0 Å². The number of ether oxygens (including phenoxy) is 1. The fraction of sp³-hybridized carbons (Fsp3) is 0.121. The molecule has 0 aliphatic rings. The van der Waals surface area contributed by atoms with E-state index in [1.54, 1.807) is 36.4 Å². The molecule has 1 unspecified atom stereocenters. The summed E-state index contributed by atoms with van der Waals surface area (Å²) in [5.74, 6) is -3.15. The van der Waals surface area contributed by atoms with Crippen LogP contribution in [0.15, 0.2) is 115 Å². The van der Waals surface area contributed by atoms with Gasteiger partial charge in [-0.3, -0.25) is 9.59 Å². The van der Waals surface area contributed by atoms with E-state index in [2.05, 4.69) is 10.6 Å². The van der Waals surface area contributed by atoms with Gasteiger partial charge < -0.3 is 20.5 Å². The lowest BCUT2D eigenvalue weighted by Crippen LogP contribution is -2.46. The van der Waals surface area contributed by atoms with E-state index in [1.807, 2.05) is 48.5 Å². The number of alkyl halides is 3. The van der Waals surface area contributed by atoms with Crippen LogP contribution >= 0.6 is 0 Å². The highest BCUT2D eigenvalue weighted by molar-refractivity contribution is 6.06. The van der Waals surface area contributed by atoms with Crippen LogP contribution in [0.4, 0.5) is 13.2 Å². The Kier molecular flexibility index (Phi) is 10.1. The summed E-state index contributed by atoms with van der Waals surface area (Å²) < 4.78 is 44.4. The molecule has 7 nitrogen and oxygen atoms in total. The van der Waals surface area contributed by atoms with Crippen LogP contribution in [0, 0.1) is 0 Å². The maximum Gasteiger partial charge on any atom is 0.416 e. The molecular formula is C33H27F3N2O5. The average molecular weight is 589 g/mol. The number of benzene rings is 4. The van der Waals surface area contributed by atoms with E-state index in [0.29, 0.717) is 5.56 Å². The number of hydrogen-bond acceptors (Lipinski definition) is 4. The van der Waals surface area contributed by atoms with Gasteiger partial charge in [-0.1, -0.05) is 84.9 Å². The number of carboxylic acid groups (broad SMARTS) is 1. The largest absolute Gasteiger partial charge is 0.480 e. The normalized spacial score (nSPS) is 12.3. The van der Waals surface area contributed by atoms with Gasteiger partial charge in [0.2, 0.25) is 0 Å². The minimum absolute atomic E-state index is 0.113. The molecule has 3 N–H and O–H groups in total. The first-order chi connectivity index (χ1) is 20.6. The van der Waals surface area contributed by atoms with E-state index in [9.17, 15) is 32.7 Å². The lowest BCUT2D eigenvalue weighted by Gasteiger charge is -2.17. The number of carbonyl (C=O) groups excluding carboxylic acids is 2. The maximum atomic E-state index is 13.3. The molecule has 2 amide bonds. The lowest BCUT2D eigenvalue weighted by molar-refractivity contribution is -0.143. The topological polar surface area (TPSA) is 105 Å². The molecule has 0 bridgehead atoms. The molecule has 0 fully saturated rings. The van der Waals surface area contributed by atoms with Gasteiger partial charge in [0.25, 0.3) is 11.8 Å². The Labute approximate surface area is 245 Å². The van der Waals surface area contributed by atoms with Crippen molar-refractivity contribution in [3.63, 3.8) is 0 Å². The van der Waals surface area contributed by atoms with Gasteiger partial charge in [-0.15, -0.1) is 0 Å². The van der Waals surface area contributed by atoms with Crippen molar-refractivity contribution < 1.29 is 37.4 Å². The zero-order valence-corrected chi connectivity index (χ0v) is 22.7. The van der Waals surface area contributed by atoms with Gasteiger partial charge in [0, 0.05) is 5.56 Å². The monoisotopic (exact) mass is 588 g/mol. The summed E-state index contributed by atoms with van der Waals surface area (Å²) in [7, 11) is 0. The second kappa shape index (κ2) is 14.1. The smallest absolute Gasteiger partial charge is 0.416 e. The Balaban J connectivity index is 1.55. The van der Waals surface area contributed by atoms with Crippen molar-refractivity contribution in [1.29, 1.82) is 0 Å². The highest BCUT2D eigenvalue weighted by atomic mass is 19.4. The summed E-state index contributed by atoms with van der Waals surface area (Å²) in [5, 5.41) is 14.4. The number of halogens is 3. The number of aliphatic carboxylic acids is 1. The van der Waals surface area contributed by atoms with Crippen LogP contribution < -0.4 is 10.6 Å². The Bertz CT molecular complexity index is 1570. The van der Waals surface area contributed by atoms with E-state index in [4.69, 9.17) is 4.74 Å². The van der Waals surface area contributed by atoms with Crippen LogP contribution in [0.1, 0.15) is 27.0 Å². The van der Waals surface area contributed by atoms with Crippen LogP contribution in [-0.2, 0) is 27.1 Å². The highest BCUT2D eigenvalue weighted by Crippen LogP contribution is 2.29. The molecule has 0 saturated carbocycles. The summed E-state index contributed by atoms with van der Waals surface area (Å²) in [5.41, 5.74) is 1.80. The summed E-state index contributed by atoms with van der Waals surface area (Å²) in [4.78, 5) is 38.1. The van der Waals surface area contributed by atoms with Crippen LogP contribution in [0.2, 0.25) is 0 Å². The Morgan fingerprint density at radius 2 is 1.37 bits per heavy atom. The van der Waals surface area contributed by atoms with Crippen LogP contribution in [0.25, 0.3) is 17.2 Å². The van der Waals surface area contributed by atoms with E-state index in [-0.39, 0.29) is 24.5 Å².